The normalized spacial score (nSPS) is 15.8. The summed E-state index contributed by atoms with van der Waals surface area (Å²) in [6.07, 6.45) is 2.37. The molecule has 0 unspecified atom stereocenters. The van der Waals surface area contributed by atoms with Crippen LogP contribution in [0.4, 0.5) is 5.69 Å². The summed E-state index contributed by atoms with van der Waals surface area (Å²) in [6.45, 7) is 8.10. The second-order valence-electron chi connectivity index (χ2n) is 7.56. The summed E-state index contributed by atoms with van der Waals surface area (Å²) in [5, 5.41) is 16.8. The number of nitrogens with zero attached hydrogens (tertiary/aromatic N) is 2. The van der Waals surface area contributed by atoms with E-state index in [0.717, 1.165) is 19.0 Å². The monoisotopic (exact) mass is 318 g/mol. The maximum Gasteiger partial charge on any atom is 0.196 e. The number of aliphatic imine (C=N–C) groups is 1. The highest BCUT2D eigenvalue weighted by Gasteiger charge is 2.23. The number of guanidine groups is 1. The fourth-order valence-electron chi connectivity index (χ4n) is 2.13. The fraction of sp³-hybridized carbons (Fsp3) is 0.611. The third kappa shape index (κ3) is 5.75. The van der Waals surface area contributed by atoms with Crippen LogP contribution in [0.15, 0.2) is 23.2 Å². The highest BCUT2D eigenvalue weighted by Crippen LogP contribution is 2.30. The van der Waals surface area contributed by atoms with Crippen molar-refractivity contribution in [1.82, 2.24) is 10.2 Å². The largest absolute Gasteiger partial charge is 0.506 e. The molecule has 23 heavy (non-hydrogen) atoms. The zero-order valence-electron chi connectivity index (χ0n) is 15.0. The number of likely N-dealkylation sites (N-methyl/N-ethyl adjacent to an activating group) is 1. The van der Waals surface area contributed by atoms with Crippen molar-refractivity contribution in [1.29, 1.82) is 0 Å². The van der Waals surface area contributed by atoms with Crippen LogP contribution in [0.1, 0.15) is 39.2 Å². The summed E-state index contributed by atoms with van der Waals surface area (Å²) < 4.78 is 0. The van der Waals surface area contributed by atoms with E-state index in [1.54, 1.807) is 6.07 Å². The minimum atomic E-state index is 0.0380. The van der Waals surface area contributed by atoms with Crippen LogP contribution in [-0.4, -0.2) is 49.2 Å². The van der Waals surface area contributed by atoms with Gasteiger partial charge in [-0.1, -0.05) is 26.8 Å². The minimum Gasteiger partial charge on any atom is -0.506 e. The van der Waals surface area contributed by atoms with Crippen molar-refractivity contribution in [3.63, 3.8) is 0 Å². The van der Waals surface area contributed by atoms with Crippen LogP contribution >= 0.6 is 0 Å². The van der Waals surface area contributed by atoms with Gasteiger partial charge in [-0.25, -0.2) is 0 Å². The molecule has 1 aliphatic carbocycles. The first-order valence-electron chi connectivity index (χ1n) is 8.32. The van der Waals surface area contributed by atoms with Crippen molar-refractivity contribution >= 4 is 11.6 Å². The quantitative estimate of drug-likeness (QED) is 0.444. The molecule has 128 valence electrons. The van der Waals surface area contributed by atoms with E-state index in [-0.39, 0.29) is 11.2 Å². The van der Waals surface area contributed by atoms with Gasteiger partial charge in [0.05, 0.1) is 12.2 Å². The molecule has 1 aromatic carbocycles. The zero-order chi connectivity index (χ0) is 17.0. The van der Waals surface area contributed by atoms with E-state index in [0.29, 0.717) is 11.7 Å². The van der Waals surface area contributed by atoms with Crippen LogP contribution in [-0.2, 0) is 5.41 Å². The summed E-state index contributed by atoms with van der Waals surface area (Å²) in [5.41, 5.74) is 1.92. The Bertz CT molecular complexity index is 557. The third-order valence-corrected chi connectivity index (χ3v) is 3.85. The number of phenolic OH excluding ortho intramolecular Hbond substituents is 1. The van der Waals surface area contributed by atoms with Gasteiger partial charge in [0.15, 0.2) is 5.96 Å². The molecular weight excluding hydrogens is 288 g/mol. The van der Waals surface area contributed by atoms with Crippen molar-refractivity contribution in [2.45, 2.75) is 45.1 Å². The van der Waals surface area contributed by atoms with E-state index in [1.807, 2.05) is 26.2 Å². The third-order valence-electron chi connectivity index (χ3n) is 3.85. The Balaban J connectivity index is 2.14. The standard InChI is InChI=1S/C18H30N4O/c1-18(2,3)13-6-9-16(23)15(12-13)21-17(20-14-7-8-14)19-10-11-22(4)5/h6,9,12,14,23H,7-8,10-11H2,1-5H3,(H2,19,20,21). The van der Waals surface area contributed by atoms with Crippen LogP contribution in [0.25, 0.3) is 0 Å². The first kappa shape index (κ1) is 17.6. The summed E-state index contributed by atoms with van der Waals surface area (Å²) in [6, 6.07) is 6.23. The van der Waals surface area contributed by atoms with Crippen molar-refractivity contribution in [2.24, 2.45) is 4.99 Å². The maximum absolute atomic E-state index is 10.2. The number of hydrogen-bond acceptors (Lipinski definition) is 3. The van der Waals surface area contributed by atoms with Crippen LogP contribution < -0.4 is 10.6 Å². The average molecular weight is 318 g/mol. The predicted molar refractivity (Wildman–Crippen MR) is 97.4 cm³/mol. The lowest BCUT2D eigenvalue weighted by atomic mass is 9.87. The minimum absolute atomic E-state index is 0.0380. The van der Waals surface area contributed by atoms with Gasteiger partial charge in [0, 0.05) is 12.6 Å². The molecule has 0 aliphatic heterocycles. The molecule has 1 aliphatic rings. The summed E-state index contributed by atoms with van der Waals surface area (Å²) in [7, 11) is 4.07. The Morgan fingerprint density at radius 2 is 2.00 bits per heavy atom. The van der Waals surface area contributed by atoms with Crippen molar-refractivity contribution < 1.29 is 5.11 Å². The molecule has 3 N–H and O–H groups in total. The molecule has 0 atom stereocenters. The molecule has 5 nitrogen and oxygen atoms in total. The average Bonchev–Trinajstić information content (AvgIpc) is 3.23. The maximum atomic E-state index is 10.2. The molecule has 1 fully saturated rings. The zero-order valence-corrected chi connectivity index (χ0v) is 15.0. The molecule has 0 saturated heterocycles. The van der Waals surface area contributed by atoms with Crippen molar-refractivity contribution in [3.8, 4) is 5.75 Å². The molecule has 2 rings (SSSR count). The number of hydrogen-bond donors (Lipinski definition) is 3. The number of benzene rings is 1. The fourth-order valence-corrected chi connectivity index (χ4v) is 2.13. The van der Waals surface area contributed by atoms with Gasteiger partial charge in [-0.3, -0.25) is 4.99 Å². The number of rotatable bonds is 5. The molecule has 5 heteroatoms. The Hall–Kier alpha value is -1.75. The summed E-state index contributed by atoms with van der Waals surface area (Å²) >= 11 is 0. The molecule has 0 amide bonds. The molecule has 0 bridgehead atoms. The van der Waals surface area contributed by atoms with E-state index in [9.17, 15) is 5.11 Å². The van der Waals surface area contributed by atoms with Gasteiger partial charge in [0.1, 0.15) is 5.75 Å². The summed E-state index contributed by atoms with van der Waals surface area (Å²) in [5.74, 6) is 0.992. The van der Waals surface area contributed by atoms with Crippen molar-refractivity contribution in [3.05, 3.63) is 23.8 Å². The van der Waals surface area contributed by atoms with Crippen LogP contribution in [0.5, 0.6) is 5.75 Å². The van der Waals surface area contributed by atoms with Gasteiger partial charge < -0.3 is 20.6 Å². The number of aromatic hydroxyl groups is 1. The number of anilines is 1. The van der Waals surface area contributed by atoms with E-state index in [4.69, 9.17) is 0 Å². The van der Waals surface area contributed by atoms with Gasteiger partial charge in [-0.2, -0.15) is 0 Å². The SMILES string of the molecule is CN(C)CCN=C(Nc1cc(C(C)(C)C)ccc1O)NC1CC1. The lowest BCUT2D eigenvalue weighted by molar-refractivity contribution is 0.420. The molecule has 0 radical (unpaired) electrons. The first-order valence-corrected chi connectivity index (χ1v) is 8.32. The van der Waals surface area contributed by atoms with E-state index in [2.05, 4.69) is 41.3 Å². The predicted octanol–water partition coefficient (Wildman–Crippen LogP) is 2.77. The van der Waals surface area contributed by atoms with Crippen LogP contribution in [0.2, 0.25) is 0 Å². The molecule has 0 heterocycles. The lowest BCUT2D eigenvalue weighted by Gasteiger charge is -2.21. The molecule has 1 saturated carbocycles. The van der Waals surface area contributed by atoms with Gasteiger partial charge >= 0.3 is 0 Å². The highest BCUT2D eigenvalue weighted by molar-refractivity contribution is 5.95. The Morgan fingerprint density at radius 1 is 1.30 bits per heavy atom. The van der Waals surface area contributed by atoms with Crippen LogP contribution in [0.3, 0.4) is 0 Å². The number of phenols is 1. The van der Waals surface area contributed by atoms with E-state index in [1.165, 1.54) is 18.4 Å². The summed E-state index contributed by atoms with van der Waals surface area (Å²) in [4.78, 5) is 6.72. The Morgan fingerprint density at radius 3 is 2.57 bits per heavy atom. The van der Waals surface area contributed by atoms with Gasteiger partial charge in [0.25, 0.3) is 0 Å². The lowest BCUT2D eigenvalue weighted by Crippen LogP contribution is -2.33. The Labute approximate surface area is 139 Å². The van der Waals surface area contributed by atoms with Gasteiger partial charge in [-0.15, -0.1) is 0 Å². The molecule has 0 aromatic heterocycles. The number of nitrogens with one attached hydrogen (secondary N) is 2. The highest BCUT2D eigenvalue weighted by atomic mass is 16.3. The van der Waals surface area contributed by atoms with E-state index < -0.39 is 0 Å². The molecule has 0 spiro atoms. The van der Waals surface area contributed by atoms with Crippen LogP contribution in [0, 0.1) is 0 Å². The topological polar surface area (TPSA) is 59.9 Å². The second-order valence-corrected chi connectivity index (χ2v) is 7.56. The van der Waals surface area contributed by atoms with Gasteiger partial charge in [-0.05, 0) is 50.0 Å². The molecule has 1 aromatic rings. The van der Waals surface area contributed by atoms with Crippen molar-refractivity contribution in [2.75, 3.05) is 32.5 Å². The Kier molecular flexibility index (Phi) is 5.52. The smallest absolute Gasteiger partial charge is 0.196 e. The molecular formula is C18H30N4O. The van der Waals surface area contributed by atoms with E-state index >= 15 is 0 Å². The van der Waals surface area contributed by atoms with Gasteiger partial charge in [0.2, 0.25) is 0 Å². The second kappa shape index (κ2) is 7.21. The first-order chi connectivity index (χ1) is 10.8.